The summed E-state index contributed by atoms with van der Waals surface area (Å²) in [6, 6.07) is 13.9. The first-order chi connectivity index (χ1) is 23.6. The Morgan fingerprint density at radius 3 is 2.24 bits per heavy atom. The van der Waals surface area contributed by atoms with Crippen LogP contribution in [0.3, 0.4) is 0 Å². The highest BCUT2D eigenvalue weighted by molar-refractivity contribution is 7.14. The van der Waals surface area contributed by atoms with Crippen molar-refractivity contribution >= 4 is 34.7 Å². The molecule has 0 saturated carbocycles. The molecule has 0 bridgehead atoms. The molecular formula is C38H37F3N4O4S. The molecule has 2 aromatic heterocycles. The summed E-state index contributed by atoms with van der Waals surface area (Å²) in [5.74, 6) is -1.78. The van der Waals surface area contributed by atoms with Gasteiger partial charge in [0.25, 0.3) is 5.91 Å². The summed E-state index contributed by atoms with van der Waals surface area (Å²) in [6.07, 6.45) is 5.41. The Hall–Kier alpha value is -5.10. The van der Waals surface area contributed by atoms with Crippen LogP contribution in [0.5, 0.6) is 0 Å². The standard InChI is InChI=1S/C38H37F3N4O4S/c1-22(36(48)49)44-34(46)30(45-35(47)31-16-17-32(50-31)37(2,3)4)18-23-8-10-26(11-9-23)33-42-20-28(21-43-33)25-14-12-24(13-15-25)27-6-5-7-29(19-27)38(39,40)41/h5-14,16-17,19-22,25,30H,15,18H2,1-4H3,(H,44,46)(H,45,47)(H,48,49)/t22-,25?,30+/m1/s1. The van der Waals surface area contributed by atoms with Crippen LogP contribution in [0.25, 0.3) is 17.0 Å². The van der Waals surface area contributed by atoms with Crippen LogP contribution in [0.4, 0.5) is 13.2 Å². The van der Waals surface area contributed by atoms with Gasteiger partial charge in [-0.05, 0) is 65.3 Å². The van der Waals surface area contributed by atoms with Gasteiger partial charge in [0.05, 0.1) is 10.4 Å². The van der Waals surface area contributed by atoms with E-state index in [2.05, 4.69) is 20.6 Å². The number of carbonyl (C=O) groups excluding carboxylic acids is 2. The lowest BCUT2D eigenvalue weighted by Crippen LogP contribution is -2.51. The fraction of sp³-hybridized carbons (Fsp3) is 0.289. The van der Waals surface area contributed by atoms with Crippen molar-refractivity contribution in [2.24, 2.45) is 0 Å². The molecule has 0 fully saturated rings. The van der Waals surface area contributed by atoms with E-state index in [-0.39, 0.29) is 17.8 Å². The summed E-state index contributed by atoms with van der Waals surface area (Å²) in [5, 5.41) is 14.5. The highest BCUT2D eigenvalue weighted by Gasteiger charge is 2.31. The van der Waals surface area contributed by atoms with Crippen molar-refractivity contribution in [3.8, 4) is 11.4 Å². The minimum atomic E-state index is -4.41. The van der Waals surface area contributed by atoms with E-state index >= 15 is 0 Å². The summed E-state index contributed by atoms with van der Waals surface area (Å²) in [6.45, 7) is 7.49. The zero-order valence-electron chi connectivity index (χ0n) is 27.9. The van der Waals surface area contributed by atoms with E-state index in [9.17, 15) is 32.7 Å². The van der Waals surface area contributed by atoms with Gasteiger partial charge in [-0.15, -0.1) is 11.3 Å². The molecule has 2 amide bonds. The molecule has 5 rings (SSSR count). The number of carboxylic acids is 1. The third-order valence-electron chi connectivity index (χ3n) is 8.29. The smallest absolute Gasteiger partial charge is 0.416 e. The van der Waals surface area contributed by atoms with Crippen LogP contribution < -0.4 is 10.6 Å². The number of aromatic nitrogens is 2. The van der Waals surface area contributed by atoms with E-state index in [1.165, 1.54) is 24.3 Å². The number of rotatable bonds is 10. The lowest BCUT2D eigenvalue weighted by atomic mass is 9.89. The predicted molar refractivity (Wildman–Crippen MR) is 187 cm³/mol. The fourth-order valence-corrected chi connectivity index (χ4v) is 6.31. The summed E-state index contributed by atoms with van der Waals surface area (Å²) in [5.41, 5.74) is 2.72. The van der Waals surface area contributed by atoms with Crippen molar-refractivity contribution in [1.82, 2.24) is 20.6 Å². The highest BCUT2D eigenvalue weighted by atomic mass is 32.1. The topological polar surface area (TPSA) is 121 Å². The number of nitrogens with one attached hydrogen (secondary N) is 2. The number of carboxylic acid groups (broad SMARTS) is 1. The Kier molecular flexibility index (Phi) is 10.7. The molecule has 0 radical (unpaired) electrons. The quantitative estimate of drug-likeness (QED) is 0.157. The maximum absolute atomic E-state index is 13.2. The molecule has 50 heavy (non-hydrogen) atoms. The number of allylic oxidation sites excluding steroid dienone is 4. The van der Waals surface area contributed by atoms with Crippen LogP contribution in [-0.2, 0) is 27.6 Å². The normalized spacial score (nSPS) is 15.9. The third kappa shape index (κ3) is 8.92. The fourth-order valence-electron chi connectivity index (χ4n) is 5.34. The predicted octanol–water partition coefficient (Wildman–Crippen LogP) is 7.58. The number of hydrogen-bond acceptors (Lipinski definition) is 6. The Bertz CT molecular complexity index is 1930. The molecule has 0 saturated heterocycles. The number of alkyl halides is 3. The molecule has 12 heteroatoms. The van der Waals surface area contributed by atoms with E-state index in [0.717, 1.165) is 39.3 Å². The SMILES string of the molecule is C[C@@H](NC(=O)[C@H](Cc1ccc(-c2ncc(C3C=CC(c4cccc(C(F)(F)F)c4)=CC3)cn2)cc1)NC(=O)c1ccc(C(C)(C)C)s1)C(=O)O. The Balaban J connectivity index is 1.25. The molecule has 1 aliphatic rings. The van der Waals surface area contributed by atoms with E-state index in [1.54, 1.807) is 48.8 Å². The second kappa shape index (κ2) is 14.8. The van der Waals surface area contributed by atoms with Crippen molar-refractivity contribution in [2.45, 2.75) is 70.1 Å². The minimum absolute atomic E-state index is 0.0302. The molecular weight excluding hydrogens is 666 g/mol. The molecule has 260 valence electrons. The van der Waals surface area contributed by atoms with Crippen LogP contribution in [0.1, 0.15) is 76.8 Å². The highest BCUT2D eigenvalue weighted by Crippen LogP contribution is 2.34. The average molecular weight is 703 g/mol. The third-order valence-corrected chi connectivity index (χ3v) is 9.80. The van der Waals surface area contributed by atoms with Crippen LogP contribution in [0, 0.1) is 0 Å². The van der Waals surface area contributed by atoms with Crippen molar-refractivity contribution < 1.29 is 32.7 Å². The molecule has 3 atom stereocenters. The Morgan fingerprint density at radius 2 is 1.66 bits per heavy atom. The second-order valence-electron chi connectivity index (χ2n) is 13.2. The van der Waals surface area contributed by atoms with Gasteiger partial charge in [0.1, 0.15) is 12.1 Å². The van der Waals surface area contributed by atoms with Gasteiger partial charge in [0.2, 0.25) is 5.91 Å². The number of thiophene rings is 1. The number of nitrogens with zero attached hydrogens (tertiary/aromatic N) is 2. The molecule has 2 aromatic carbocycles. The Morgan fingerprint density at radius 1 is 0.960 bits per heavy atom. The van der Waals surface area contributed by atoms with Gasteiger partial charge in [-0.2, -0.15) is 13.2 Å². The van der Waals surface area contributed by atoms with Crippen LogP contribution in [-0.4, -0.2) is 44.9 Å². The van der Waals surface area contributed by atoms with Crippen molar-refractivity contribution in [2.75, 3.05) is 0 Å². The van der Waals surface area contributed by atoms with Crippen molar-refractivity contribution in [3.05, 3.63) is 123 Å². The summed E-state index contributed by atoms with van der Waals surface area (Å²) >= 11 is 1.34. The maximum Gasteiger partial charge on any atom is 0.416 e. The summed E-state index contributed by atoms with van der Waals surface area (Å²) in [4.78, 5) is 48.2. The first-order valence-corrected chi connectivity index (χ1v) is 16.8. The molecule has 1 unspecified atom stereocenters. The van der Waals surface area contributed by atoms with Crippen LogP contribution in [0.15, 0.2) is 91.3 Å². The second-order valence-corrected chi connectivity index (χ2v) is 14.3. The van der Waals surface area contributed by atoms with Crippen LogP contribution in [0.2, 0.25) is 0 Å². The number of hydrogen-bond donors (Lipinski definition) is 3. The van der Waals surface area contributed by atoms with Gasteiger partial charge in [-0.3, -0.25) is 14.4 Å². The van der Waals surface area contributed by atoms with Gasteiger partial charge < -0.3 is 15.7 Å². The number of carbonyl (C=O) groups is 3. The molecule has 2 heterocycles. The number of benzene rings is 2. The molecule has 0 spiro atoms. The number of halogens is 3. The van der Waals surface area contributed by atoms with E-state index in [1.807, 2.05) is 45.1 Å². The average Bonchev–Trinajstić information content (AvgIpc) is 3.60. The van der Waals surface area contributed by atoms with Gasteiger partial charge in [0.15, 0.2) is 5.82 Å². The van der Waals surface area contributed by atoms with Crippen molar-refractivity contribution in [3.63, 3.8) is 0 Å². The summed E-state index contributed by atoms with van der Waals surface area (Å²) < 4.78 is 39.5. The zero-order valence-corrected chi connectivity index (χ0v) is 28.7. The molecule has 8 nitrogen and oxygen atoms in total. The minimum Gasteiger partial charge on any atom is -0.480 e. The first kappa shape index (κ1) is 36.2. The largest absolute Gasteiger partial charge is 0.480 e. The molecule has 4 aromatic rings. The molecule has 3 N–H and O–H groups in total. The summed E-state index contributed by atoms with van der Waals surface area (Å²) in [7, 11) is 0. The lowest BCUT2D eigenvalue weighted by molar-refractivity contribution is -0.141. The molecule has 0 aliphatic heterocycles. The van der Waals surface area contributed by atoms with Gasteiger partial charge in [-0.25, -0.2) is 9.97 Å². The van der Waals surface area contributed by atoms with E-state index in [0.29, 0.717) is 22.7 Å². The monoisotopic (exact) mass is 702 g/mol. The maximum atomic E-state index is 13.2. The number of aliphatic carboxylic acids is 1. The van der Waals surface area contributed by atoms with Gasteiger partial charge in [-0.1, -0.05) is 75.4 Å². The number of amides is 2. The van der Waals surface area contributed by atoms with Gasteiger partial charge in [0, 0.05) is 35.2 Å². The lowest BCUT2D eigenvalue weighted by Gasteiger charge is -2.20. The first-order valence-electron chi connectivity index (χ1n) is 16.0. The van der Waals surface area contributed by atoms with Crippen molar-refractivity contribution in [1.29, 1.82) is 0 Å². The van der Waals surface area contributed by atoms with E-state index < -0.39 is 41.6 Å². The molecule has 1 aliphatic carbocycles. The Labute approximate surface area is 292 Å². The van der Waals surface area contributed by atoms with Crippen LogP contribution >= 0.6 is 11.3 Å². The zero-order chi connectivity index (χ0) is 36.2. The van der Waals surface area contributed by atoms with E-state index in [4.69, 9.17) is 0 Å². The van der Waals surface area contributed by atoms with Gasteiger partial charge >= 0.3 is 12.1 Å².